The summed E-state index contributed by atoms with van der Waals surface area (Å²) < 4.78 is 6.81. The number of carboxylic acid groups (broad SMARTS) is 1. The molecule has 0 spiro atoms. The minimum Gasteiger partial charge on any atom is -0.481 e. The zero-order valence-corrected chi connectivity index (χ0v) is 75.1. The molecule has 107 heavy (non-hydrogen) atoms. The van der Waals surface area contributed by atoms with Crippen molar-refractivity contribution in [3.8, 4) is 0 Å². The van der Waals surface area contributed by atoms with Crippen LogP contribution in [-0.4, -0.2) is 88.8 Å². The lowest BCUT2D eigenvalue weighted by atomic mass is 9.53. The van der Waals surface area contributed by atoms with E-state index < -0.39 is 5.97 Å². The van der Waals surface area contributed by atoms with Crippen molar-refractivity contribution in [3.05, 3.63) is 70.7 Å². The third-order valence-corrected chi connectivity index (χ3v) is 32.1. The zero-order chi connectivity index (χ0) is 80.2. The molecular formula is C96H167N7O4. The number of aryl methyl sites for hydroxylation is 2. The van der Waals surface area contributed by atoms with Crippen molar-refractivity contribution >= 4 is 17.5 Å². The summed E-state index contributed by atoms with van der Waals surface area (Å²) in [7, 11) is 0. The van der Waals surface area contributed by atoms with Crippen LogP contribution in [0.4, 0.5) is 0 Å². The number of carbonyl (C=O) groups excluding carboxylic acids is 2. The average Bonchev–Trinajstić information content (AvgIpc) is 1.71. The first-order valence-electron chi connectivity index (χ1n) is 44.1. The van der Waals surface area contributed by atoms with E-state index in [-0.39, 0.29) is 17.6 Å². The molecule has 11 heteroatoms. The van der Waals surface area contributed by atoms with Gasteiger partial charge >= 0.3 is 5.97 Å². The molecule has 1 saturated heterocycles. The maximum atomic E-state index is 11.6. The Morgan fingerprint density at radius 2 is 0.907 bits per heavy atom. The highest BCUT2D eigenvalue weighted by Crippen LogP contribution is 2.59. The third kappa shape index (κ3) is 20.2. The van der Waals surface area contributed by atoms with Gasteiger partial charge in [-0.2, -0.15) is 10.2 Å². The van der Waals surface area contributed by atoms with Gasteiger partial charge in [0, 0.05) is 86.6 Å². The van der Waals surface area contributed by atoms with E-state index in [2.05, 4.69) is 241 Å². The lowest BCUT2D eigenvalue weighted by molar-refractivity contribution is -0.143. The van der Waals surface area contributed by atoms with Gasteiger partial charge in [-0.1, -0.05) is 199 Å². The number of hydrogen-bond acceptors (Lipinski definition) is 7. The van der Waals surface area contributed by atoms with Crippen LogP contribution < -0.4 is 0 Å². The molecule has 5 fully saturated rings. The summed E-state index contributed by atoms with van der Waals surface area (Å²) in [5.74, 6) is 4.74. The van der Waals surface area contributed by atoms with Crippen LogP contribution >= 0.6 is 0 Å². The highest BCUT2D eigenvalue weighted by molar-refractivity contribution is 5.78. The van der Waals surface area contributed by atoms with Gasteiger partial charge in [0.2, 0.25) is 0 Å². The van der Waals surface area contributed by atoms with Gasteiger partial charge in [-0.3, -0.25) is 28.6 Å². The molecule has 3 atom stereocenters. The lowest BCUT2D eigenvalue weighted by Gasteiger charge is -2.54. The standard InChI is InChI=1S/C22H36N2O.C22H35NO2.C20H38N2.C18H30N2O.C14H28/c1-15(2)22(21(4,5)6)12-11-20-18(13-22)14-24(23-20)19-9-7-17(8-10-19)16(3)25;1-15(2)22(21(3,4)5)12-10-19-17(14-22)11-13-23(19)18-8-6-16(7-9-18)20(24)25;1-16(2)20(19(5,6)7)10-8-18(9-11-20)22-14-12-21(13-15-22)17(3)4;1-13(2)18(17(4,5)6)9-7-16-15(11-18)12-19-20(16)10-8-14(3)21;1-11(2)14(13(4,5)6)9-7-12(3)8-10-14/h14-15,17,19H,7-13H2,1-6H3;11,13,15-16,18H,6-10,12,14H2,1-5H3,(H,24,25);16,18H,3,8-15H2,1-2,4-7H3;12-13H,7-11H2,1-6H3;11-12H,7-10H2,1-6H3. The minimum absolute atomic E-state index is 0.128. The Bertz CT molecular complexity index is 3300. The van der Waals surface area contributed by atoms with Crippen molar-refractivity contribution in [1.29, 1.82) is 0 Å². The number of carbonyl (C=O) groups is 3. The van der Waals surface area contributed by atoms with E-state index in [0.29, 0.717) is 96.2 Å². The first kappa shape index (κ1) is 90.2. The molecule has 1 aliphatic heterocycles. The van der Waals surface area contributed by atoms with Crippen molar-refractivity contribution in [1.82, 2.24) is 33.9 Å². The van der Waals surface area contributed by atoms with Crippen molar-refractivity contribution in [2.75, 3.05) is 26.2 Å². The van der Waals surface area contributed by atoms with Crippen molar-refractivity contribution in [3.63, 3.8) is 0 Å². The molecule has 11 rings (SSSR count). The summed E-state index contributed by atoms with van der Waals surface area (Å²) in [6.07, 6.45) is 37.1. The molecule has 0 aromatic carbocycles. The first-order chi connectivity index (χ1) is 49.4. The van der Waals surface area contributed by atoms with Crippen LogP contribution in [0.1, 0.15) is 375 Å². The number of ketones is 2. The van der Waals surface area contributed by atoms with Gasteiger partial charge in [-0.05, 0) is 281 Å². The van der Waals surface area contributed by atoms with Gasteiger partial charge in [-0.25, -0.2) is 0 Å². The van der Waals surface area contributed by atoms with Crippen LogP contribution in [0.15, 0.2) is 36.9 Å². The topological polar surface area (TPSA) is 118 Å². The molecule has 1 N–H and O–H groups in total. The Hall–Kier alpha value is -3.99. The maximum absolute atomic E-state index is 11.6. The summed E-state index contributed by atoms with van der Waals surface area (Å²) in [5, 5.41) is 18.8. The third-order valence-electron chi connectivity index (χ3n) is 32.1. The van der Waals surface area contributed by atoms with Crippen LogP contribution in [0.5, 0.6) is 0 Å². The molecule has 7 aliphatic carbocycles. The molecule has 3 aromatic rings. The predicted octanol–water partition coefficient (Wildman–Crippen LogP) is 24.6. The highest BCUT2D eigenvalue weighted by Gasteiger charge is 2.52. The molecule has 3 aromatic heterocycles. The monoisotopic (exact) mass is 1480 g/mol. The second-order valence-electron chi connectivity index (χ2n) is 43.5. The average molecular weight is 1480 g/mol. The lowest BCUT2D eigenvalue weighted by Crippen LogP contribution is -2.53. The summed E-state index contributed by atoms with van der Waals surface area (Å²) in [4.78, 5) is 39.2. The number of rotatable bonds is 14. The molecule has 4 heterocycles. The number of aliphatic carboxylic acids is 1. The van der Waals surface area contributed by atoms with E-state index >= 15 is 0 Å². The number of nitrogens with zero attached hydrogens (tertiary/aromatic N) is 7. The smallest absolute Gasteiger partial charge is 0.306 e. The summed E-state index contributed by atoms with van der Waals surface area (Å²) in [6.45, 7) is 77.8. The Morgan fingerprint density at radius 3 is 1.33 bits per heavy atom. The quantitative estimate of drug-likeness (QED) is 0.170. The van der Waals surface area contributed by atoms with Crippen molar-refractivity contribution in [2.24, 2.45) is 101 Å². The molecule has 0 radical (unpaired) electrons. The summed E-state index contributed by atoms with van der Waals surface area (Å²) in [6, 6.07) is 4.16. The fraction of sp³-hybridized carbons (Fsp3) is 0.844. The van der Waals surface area contributed by atoms with Crippen LogP contribution in [0.25, 0.3) is 0 Å². The summed E-state index contributed by atoms with van der Waals surface area (Å²) >= 11 is 0. The second-order valence-corrected chi connectivity index (χ2v) is 43.5. The van der Waals surface area contributed by atoms with E-state index in [1.54, 1.807) is 13.8 Å². The van der Waals surface area contributed by atoms with E-state index in [0.717, 1.165) is 114 Å². The SMILES string of the molecule is C=C(C)N1CCN(C2CCC(C(C)C)(C(C)(C)C)CC2)CC1.CC(=O)C1CCC(n2cc3c(n2)CCC(C(C)C)(C(C)(C)C)C3)CC1.CC(=O)CCn1ncc2c1CCC(C(C)C)(C(C)(C)C)C2.CC(C)C1(C(C)(C)C)CCc2c(ccn2C2CCC(C(=O)O)CC2)C1.CC1CCC(C(C)C)(C(C)(C)C)CC1. The van der Waals surface area contributed by atoms with Gasteiger partial charge in [0.15, 0.2) is 0 Å². The van der Waals surface area contributed by atoms with E-state index in [1.807, 2.05) is 6.20 Å². The van der Waals surface area contributed by atoms with Gasteiger partial charge in [0.05, 0.1) is 23.9 Å². The van der Waals surface area contributed by atoms with Crippen LogP contribution in [-0.2, 0) is 59.5 Å². The Morgan fingerprint density at radius 1 is 0.495 bits per heavy atom. The normalized spacial score (nSPS) is 29.6. The molecule has 8 aliphatic rings. The minimum atomic E-state index is -0.611. The molecule has 610 valence electrons. The number of Topliss-reactive ketones (excluding diaryl/α,β-unsaturated/α-hetero) is 2. The zero-order valence-electron chi connectivity index (χ0n) is 75.1. The maximum Gasteiger partial charge on any atom is 0.306 e. The molecule has 11 nitrogen and oxygen atoms in total. The van der Waals surface area contributed by atoms with E-state index in [1.165, 1.54) is 143 Å². The van der Waals surface area contributed by atoms with Crippen LogP contribution in [0.2, 0.25) is 0 Å². The molecule has 0 amide bonds. The number of hydrogen-bond donors (Lipinski definition) is 1. The fourth-order valence-electron chi connectivity index (χ4n) is 23.9. The molecule has 3 unspecified atom stereocenters. The number of allylic oxidation sites excluding steroid dienone is 1. The number of piperazine rings is 1. The Balaban J connectivity index is 0.000000189. The number of aromatic nitrogens is 5. The summed E-state index contributed by atoms with van der Waals surface area (Å²) in [5.41, 5.74) is 13.9. The number of fused-ring (bicyclic) bond motifs is 3. The van der Waals surface area contributed by atoms with Gasteiger partial charge < -0.3 is 14.6 Å². The number of carboxylic acids is 1. The van der Waals surface area contributed by atoms with Gasteiger partial charge in [0.25, 0.3) is 0 Å². The van der Waals surface area contributed by atoms with Crippen LogP contribution in [0, 0.1) is 101 Å². The Labute approximate surface area is 658 Å². The largest absolute Gasteiger partial charge is 0.481 e. The van der Waals surface area contributed by atoms with E-state index in [4.69, 9.17) is 5.10 Å². The first-order valence-corrected chi connectivity index (χ1v) is 44.1. The predicted molar refractivity (Wildman–Crippen MR) is 452 cm³/mol. The fourth-order valence-corrected chi connectivity index (χ4v) is 23.9. The van der Waals surface area contributed by atoms with Crippen LogP contribution in [0.3, 0.4) is 0 Å². The van der Waals surface area contributed by atoms with Crippen molar-refractivity contribution in [2.45, 2.75) is 392 Å². The van der Waals surface area contributed by atoms with Gasteiger partial charge in [-0.15, -0.1) is 0 Å². The molecular weight excluding hydrogens is 1320 g/mol. The molecule has 0 bridgehead atoms. The Kier molecular flexibility index (Phi) is 30.0. The van der Waals surface area contributed by atoms with Crippen molar-refractivity contribution < 1.29 is 19.5 Å². The second kappa shape index (κ2) is 35.6. The van der Waals surface area contributed by atoms with Gasteiger partial charge in [0.1, 0.15) is 11.6 Å². The molecule has 4 saturated carbocycles. The highest BCUT2D eigenvalue weighted by atomic mass is 16.4. The van der Waals surface area contributed by atoms with E-state index in [9.17, 15) is 19.5 Å².